The average molecular weight is 388 g/mol. The number of halogens is 6. The van der Waals surface area contributed by atoms with E-state index < -0.39 is 43.4 Å². The predicted octanol–water partition coefficient (Wildman–Crippen LogP) is -1.76. The van der Waals surface area contributed by atoms with Gasteiger partial charge in [-0.2, -0.15) is 36.5 Å². The predicted molar refractivity (Wildman–Crippen MR) is 76.1 cm³/mol. The molecule has 0 radical (unpaired) electrons. The Hall–Kier alpha value is -2.03. The highest BCUT2D eigenvalue weighted by molar-refractivity contribution is 6.59. The smallest absolute Gasteiger partial charge is 0.423 e. The molecule has 16 heteroatoms. The zero-order chi connectivity index (χ0) is 20.4. The van der Waals surface area contributed by atoms with Crippen molar-refractivity contribution in [1.29, 1.82) is 0 Å². The molecule has 0 aliphatic rings. The summed E-state index contributed by atoms with van der Waals surface area (Å²) in [6.45, 7) is 0. The molecule has 144 valence electrons. The van der Waals surface area contributed by atoms with E-state index in [4.69, 9.17) is 20.1 Å². The molecule has 0 fully saturated rings. The van der Waals surface area contributed by atoms with Gasteiger partial charge in [0.1, 0.15) is 0 Å². The van der Waals surface area contributed by atoms with Crippen molar-refractivity contribution >= 4 is 25.3 Å². The first-order chi connectivity index (χ1) is 11.6. The highest BCUT2D eigenvalue weighted by atomic mass is 19.4. The Morgan fingerprint density at radius 2 is 1.42 bits per heavy atom. The number of alkyl halides is 6. The molecule has 0 aliphatic heterocycles. The summed E-state index contributed by atoms with van der Waals surface area (Å²) in [6, 6.07) is 0.588. The fraction of sp³-hybridized carbons (Fsp3) is 0.400. The topological polar surface area (TPSA) is 117 Å². The van der Waals surface area contributed by atoms with Gasteiger partial charge in [-0.3, -0.25) is 9.36 Å². The molecule has 2 rings (SSSR count). The molecule has 4 N–H and O–H groups in total. The van der Waals surface area contributed by atoms with Crippen molar-refractivity contribution < 1.29 is 46.4 Å². The fourth-order valence-corrected chi connectivity index (χ4v) is 1.78. The quantitative estimate of drug-likeness (QED) is 0.358. The molecule has 26 heavy (non-hydrogen) atoms. The minimum atomic E-state index is -4.67. The molecule has 0 spiro atoms. The van der Waals surface area contributed by atoms with Crippen molar-refractivity contribution in [2.45, 2.75) is 12.4 Å². The molecule has 2 heterocycles. The number of hydrogen-bond donors (Lipinski definition) is 4. The van der Waals surface area contributed by atoms with Gasteiger partial charge in [0.2, 0.25) is 0 Å². The average Bonchev–Trinajstić information content (AvgIpc) is 3.01. The number of nitrogens with zero attached hydrogens (tertiary/aromatic N) is 4. The monoisotopic (exact) mass is 388 g/mol. The van der Waals surface area contributed by atoms with Crippen molar-refractivity contribution in [3.8, 4) is 0 Å². The summed E-state index contributed by atoms with van der Waals surface area (Å²) in [5.41, 5.74) is -3.36. The van der Waals surface area contributed by atoms with E-state index in [1.807, 2.05) is 0 Å². The normalized spacial score (nSPS) is 11.8. The van der Waals surface area contributed by atoms with Gasteiger partial charge in [-0.1, -0.05) is 0 Å². The van der Waals surface area contributed by atoms with E-state index in [2.05, 4.69) is 10.2 Å². The highest BCUT2D eigenvalue weighted by Gasteiger charge is 2.39. The molecule has 0 bridgehead atoms. The standard InChI is InChI=1S/2C5H6BF3N2O2/c1-11-2-3(6(12)13)4(10-11)5(7,8)9;1-11-4(6(12)13)2-3(10-11)5(7,8)9/h2*2,12-13H,1H3. The Balaban J connectivity index is 0.000000260. The van der Waals surface area contributed by atoms with E-state index in [9.17, 15) is 26.3 Å². The maximum Gasteiger partial charge on any atom is 0.507 e. The van der Waals surface area contributed by atoms with Crippen molar-refractivity contribution in [3.05, 3.63) is 23.7 Å². The number of aryl methyl sites for hydroxylation is 2. The van der Waals surface area contributed by atoms with Crippen LogP contribution in [0.3, 0.4) is 0 Å². The molecule has 0 saturated carbocycles. The Morgan fingerprint density at radius 3 is 1.69 bits per heavy atom. The van der Waals surface area contributed by atoms with Gasteiger partial charge in [0, 0.05) is 25.8 Å². The van der Waals surface area contributed by atoms with E-state index in [1.165, 1.54) is 14.1 Å². The van der Waals surface area contributed by atoms with Crippen LogP contribution in [-0.4, -0.2) is 53.9 Å². The molecule has 0 atom stereocenters. The van der Waals surface area contributed by atoms with E-state index >= 15 is 0 Å². The van der Waals surface area contributed by atoms with Crippen molar-refractivity contribution in [1.82, 2.24) is 19.6 Å². The molecule has 8 nitrogen and oxygen atoms in total. The van der Waals surface area contributed by atoms with Crippen LogP contribution < -0.4 is 11.1 Å². The maximum atomic E-state index is 12.1. The summed E-state index contributed by atoms with van der Waals surface area (Å²) in [7, 11) is -1.65. The van der Waals surface area contributed by atoms with Crippen LogP contribution in [0, 0.1) is 0 Å². The Morgan fingerprint density at radius 1 is 0.885 bits per heavy atom. The minimum Gasteiger partial charge on any atom is -0.423 e. The van der Waals surface area contributed by atoms with Crippen molar-refractivity contribution in [3.63, 3.8) is 0 Å². The maximum absolute atomic E-state index is 12.1. The second kappa shape index (κ2) is 7.69. The molecule has 2 aromatic rings. The van der Waals surface area contributed by atoms with Crippen molar-refractivity contribution in [2.24, 2.45) is 14.1 Å². The van der Waals surface area contributed by atoms with E-state index in [1.54, 1.807) is 0 Å². The van der Waals surface area contributed by atoms with E-state index in [0.29, 0.717) is 6.07 Å². The van der Waals surface area contributed by atoms with Gasteiger partial charge in [-0.15, -0.1) is 0 Å². The molecule has 2 aromatic heterocycles. The van der Waals surface area contributed by atoms with E-state index in [-0.39, 0.29) is 5.59 Å². The Labute approximate surface area is 142 Å². The summed E-state index contributed by atoms with van der Waals surface area (Å²) in [4.78, 5) is 0. The molecule has 0 saturated heterocycles. The summed E-state index contributed by atoms with van der Waals surface area (Å²) in [5.74, 6) is 0. The van der Waals surface area contributed by atoms with Gasteiger partial charge < -0.3 is 20.1 Å². The lowest BCUT2D eigenvalue weighted by Gasteiger charge is -2.04. The summed E-state index contributed by atoms with van der Waals surface area (Å²) in [6.07, 6.45) is -8.32. The van der Waals surface area contributed by atoms with Gasteiger partial charge in [0.25, 0.3) is 0 Å². The molecule has 0 unspecified atom stereocenters. The van der Waals surface area contributed by atoms with Gasteiger partial charge in [0.05, 0.1) is 5.59 Å². The van der Waals surface area contributed by atoms with Gasteiger partial charge in [-0.25, -0.2) is 0 Å². The van der Waals surface area contributed by atoms with Crippen LogP contribution >= 0.6 is 0 Å². The first-order valence-electron chi connectivity index (χ1n) is 6.58. The summed E-state index contributed by atoms with van der Waals surface area (Å²) in [5, 5.41) is 40.5. The molecular formula is C10H12B2F6N4O4. The number of hydrogen-bond acceptors (Lipinski definition) is 6. The third-order valence-corrected chi connectivity index (χ3v) is 2.87. The third kappa shape index (κ3) is 5.48. The van der Waals surface area contributed by atoms with Crippen LogP contribution in [0.4, 0.5) is 26.3 Å². The summed E-state index contributed by atoms with van der Waals surface area (Å²) >= 11 is 0. The van der Waals surface area contributed by atoms with Crippen LogP contribution in [0.2, 0.25) is 0 Å². The zero-order valence-corrected chi connectivity index (χ0v) is 13.2. The lowest BCUT2D eigenvalue weighted by Crippen LogP contribution is -2.35. The lowest BCUT2D eigenvalue weighted by molar-refractivity contribution is -0.141. The SMILES string of the molecule is Cn1cc(B(O)O)c(C(F)(F)F)n1.Cn1nc(C(F)(F)F)cc1B(O)O. The van der Waals surface area contributed by atoms with E-state index in [0.717, 1.165) is 15.6 Å². The number of aromatic nitrogens is 4. The highest BCUT2D eigenvalue weighted by Crippen LogP contribution is 2.27. The first kappa shape index (κ1) is 22.0. The number of rotatable bonds is 2. The second-order valence-corrected chi connectivity index (χ2v) is 4.93. The third-order valence-electron chi connectivity index (χ3n) is 2.87. The lowest BCUT2D eigenvalue weighted by atomic mass is 9.80. The Kier molecular flexibility index (Phi) is 6.51. The molecule has 0 aromatic carbocycles. The van der Waals surface area contributed by atoms with Crippen molar-refractivity contribution in [2.75, 3.05) is 0 Å². The second-order valence-electron chi connectivity index (χ2n) is 4.93. The zero-order valence-electron chi connectivity index (χ0n) is 13.2. The first-order valence-corrected chi connectivity index (χ1v) is 6.58. The van der Waals surface area contributed by atoms with Gasteiger partial charge >= 0.3 is 26.6 Å². The van der Waals surface area contributed by atoms with Crippen LogP contribution in [0.5, 0.6) is 0 Å². The van der Waals surface area contributed by atoms with Crippen LogP contribution in [0.25, 0.3) is 0 Å². The molecule has 0 amide bonds. The van der Waals surface area contributed by atoms with Crippen LogP contribution in [0.15, 0.2) is 12.3 Å². The summed E-state index contributed by atoms with van der Waals surface area (Å²) < 4.78 is 74.0. The largest absolute Gasteiger partial charge is 0.507 e. The molecule has 0 aliphatic carbocycles. The Bertz CT molecular complexity index is 743. The van der Waals surface area contributed by atoms with Crippen LogP contribution in [-0.2, 0) is 26.4 Å². The molecular weight excluding hydrogens is 376 g/mol. The van der Waals surface area contributed by atoms with Crippen LogP contribution in [0.1, 0.15) is 11.4 Å². The van der Waals surface area contributed by atoms with Gasteiger partial charge in [-0.05, 0) is 6.07 Å². The van der Waals surface area contributed by atoms with Gasteiger partial charge in [0.15, 0.2) is 11.4 Å². The fourth-order valence-electron chi connectivity index (χ4n) is 1.78. The minimum absolute atomic E-state index is 0.299.